The topological polar surface area (TPSA) is 85.1 Å². The fourth-order valence-electron chi connectivity index (χ4n) is 0.854. The van der Waals surface area contributed by atoms with Crippen LogP contribution in [-0.2, 0) is 10.0 Å². The first-order valence-corrected chi connectivity index (χ1v) is 5.93. The second kappa shape index (κ2) is 3.96. The third kappa shape index (κ3) is 2.23. The van der Waals surface area contributed by atoms with Gasteiger partial charge in [0, 0.05) is 0 Å². The molecule has 0 saturated heterocycles. The van der Waals surface area contributed by atoms with E-state index in [0.29, 0.717) is 5.69 Å². The number of thiazole rings is 1. The van der Waals surface area contributed by atoms with Crippen LogP contribution in [0.15, 0.2) is 4.21 Å². The number of nitrogens with one attached hydrogen (secondary N) is 1. The van der Waals surface area contributed by atoms with Crippen LogP contribution in [0.5, 0.6) is 0 Å². The zero-order valence-corrected chi connectivity index (χ0v) is 9.08. The number of nitrogens with two attached hydrogens (primary N) is 1. The Labute approximate surface area is 86.4 Å². The highest BCUT2D eigenvalue weighted by Crippen LogP contribution is 2.24. The normalized spacial score (nSPS) is 11.1. The van der Waals surface area contributed by atoms with Crippen LogP contribution in [0.25, 0.3) is 0 Å². The van der Waals surface area contributed by atoms with Gasteiger partial charge >= 0.3 is 0 Å². The van der Waals surface area contributed by atoms with Gasteiger partial charge in [0.25, 0.3) is 10.0 Å². The van der Waals surface area contributed by atoms with Crippen LogP contribution in [0.2, 0.25) is 0 Å². The highest BCUT2D eigenvalue weighted by atomic mass is 32.2. The van der Waals surface area contributed by atoms with Gasteiger partial charge in [-0.05, 0) is 6.92 Å². The third-order valence-electron chi connectivity index (χ3n) is 1.38. The molecule has 1 heterocycles. The molecular formula is C7H9N3O2S2. The van der Waals surface area contributed by atoms with Gasteiger partial charge < -0.3 is 5.73 Å². The first kappa shape index (κ1) is 11.0. The van der Waals surface area contributed by atoms with Gasteiger partial charge in [-0.3, -0.25) is 0 Å². The zero-order valence-electron chi connectivity index (χ0n) is 7.44. The summed E-state index contributed by atoms with van der Waals surface area (Å²) in [6.45, 7) is 1.54. The zero-order chi connectivity index (χ0) is 10.8. The number of nitrogens with zero attached hydrogens (tertiary/aromatic N) is 1. The van der Waals surface area contributed by atoms with Crippen LogP contribution in [0.3, 0.4) is 0 Å². The number of terminal acetylenes is 1. The summed E-state index contributed by atoms with van der Waals surface area (Å²) >= 11 is 0.919. The van der Waals surface area contributed by atoms with Crippen LogP contribution in [-0.4, -0.2) is 19.9 Å². The van der Waals surface area contributed by atoms with Crippen LogP contribution in [0.1, 0.15) is 5.69 Å². The Balaban J connectivity index is 3.05. The van der Waals surface area contributed by atoms with E-state index in [1.165, 1.54) is 0 Å². The third-order valence-corrected chi connectivity index (χ3v) is 4.38. The Hall–Kier alpha value is -1.10. The van der Waals surface area contributed by atoms with Crippen molar-refractivity contribution in [2.75, 3.05) is 12.3 Å². The highest BCUT2D eigenvalue weighted by molar-refractivity contribution is 7.91. The monoisotopic (exact) mass is 231 g/mol. The molecule has 0 aliphatic heterocycles. The molecule has 76 valence electrons. The second-order valence-corrected chi connectivity index (χ2v) is 5.45. The van der Waals surface area contributed by atoms with E-state index in [0.717, 1.165) is 11.3 Å². The van der Waals surface area contributed by atoms with Gasteiger partial charge in [0.1, 0.15) is 0 Å². The van der Waals surface area contributed by atoms with E-state index in [1.807, 2.05) is 0 Å². The van der Waals surface area contributed by atoms with Crippen LogP contribution >= 0.6 is 11.3 Å². The molecule has 0 aromatic carbocycles. The average molecular weight is 231 g/mol. The molecule has 7 heteroatoms. The molecule has 5 nitrogen and oxygen atoms in total. The lowest BCUT2D eigenvalue weighted by Crippen LogP contribution is -2.23. The molecule has 1 aromatic rings. The van der Waals surface area contributed by atoms with Gasteiger partial charge in [0.15, 0.2) is 9.34 Å². The summed E-state index contributed by atoms with van der Waals surface area (Å²) in [5.74, 6) is 2.18. The number of aromatic nitrogens is 1. The summed E-state index contributed by atoms with van der Waals surface area (Å²) in [6.07, 6.45) is 4.94. The molecule has 0 aliphatic carbocycles. The largest absolute Gasteiger partial charge is 0.375 e. The molecule has 0 atom stereocenters. The van der Waals surface area contributed by atoms with Crippen molar-refractivity contribution in [3.63, 3.8) is 0 Å². The predicted molar refractivity (Wildman–Crippen MR) is 55.3 cm³/mol. The molecule has 3 N–H and O–H groups in total. The summed E-state index contributed by atoms with van der Waals surface area (Å²) in [5, 5.41) is 0.226. The molecule has 0 fully saturated rings. The number of aryl methyl sites for hydroxylation is 1. The number of nitrogen functional groups attached to an aromatic ring is 1. The van der Waals surface area contributed by atoms with Gasteiger partial charge in [-0.1, -0.05) is 17.3 Å². The maximum absolute atomic E-state index is 11.5. The molecule has 0 unspecified atom stereocenters. The number of anilines is 1. The fraction of sp³-hybridized carbons (Fsp3) is 0.286. The molecule has 0 spiro atoms. The molecule has 14 heavy (non-hydrogen) atoms. The maximum Gasteiger partial charge on any atom is 0.252 e. The second-order valence-electron chi connectivity index (χ2n) is 2.45. The molecule has 0 aliphatic rings. The van der Waals surface area contributed by atoms with E-state index in [2.05, 4.69) is 15.6 Å². The van der Waals surface area contributed by atoms with E-state index in [4.69, 9.17) is 12.2 Å². The lowest BCUT2D eigenvalue weighted by Gasteiger charge is -2.00. The Bertz CT molecular complexity index is 470. The minimum absolute atomic E-state index is 0.0421. The summed E-state index contributed by atoms with van der Waals surface area (Å²) in [7, 11) is -3.55. The lowest BCUT2D eigenvalue weighted by atomic mass is 10.6. The minimum Gasteiger partial charge on any atom is -0.375 e. The molecule has 0 amide bonds. The van der Waals surface area contributed by atoms with Crippen molar-refractivity contribution in [1.82, 2.24) is 9.71 Å². The molecule has 1 rings (SSSR count). The van der Waals surface area contributed by atoms with Crippen LogP contribution < -0.4 is 10.5 Å². The summed E-state index contributed by atoms with van der Waals surface area (Å²) < 4.78 is 25.4. The predicted octanol–water partition coefficient (Wildman–Crippen LogP) is -0.0548. The Morgan fingerprint density at radius 1 is 1.71 bits per heavy atom. The van der Waals surface area contributed by atoms with Crippen molar-refractivity contribution < 1.29 is 8.42 Å². The van der Waals surface area contributed by atoms with Gasteiger partial charge in [0.2, 0.25) is 0 Å². The molecular weight excluding hydrogens is 222 g/mol. The van der Waals surface area contributed by atoms with E-state index in [9.17, 15) is 8.42 Å². The number of sulfonamides is 1. The first-order chi connectivity index (χ1) is 6.47. The van der Waals surface area contributed by atoms with Crippen LogP contribution in [0, 0.1) is 19.3 Å². The van der Waals surface area contributed by atoms with Crippen molar-refractivity contribution in [2.24, 2.45) is 0 Å². The van der Waals surface area contributed by atoms with Crippen LogP contribution in [0.4, 0.5) is 5.13 Å². The summed E-state index contributed by atoms with van der Waals surface area (Å²) in [6, 6.07) is 0. The van der Waals surface area contributed by atoms with E-state index in [1.54, 1.807) is 6.92 Å². The van der Waals surface area contributed by atoms with Crippen molar-refractivity contribution >= 4 is 26.5 Å². The van der Waals surface area contributed by atoms with E-state index in [-0.39, 0.29) is 15.9 Å². The highest BCUT2D eigenvalue weighted by Gasteiger charge is 2.19. The van der Waals surface area contributed by atoms with E-state index >= 15 is 0 Å². The minimum atomic E-state index is -3.55. The summed E-state index contributed by atoms with van der Waals surface area (Å²) in [4.78, 5) is 3.81. The quantitative estimate of drug-likeness (QED) is 0.714. The fourth-order valence-corrected chi connectivity index (χ4v) is 3.13. The number of hydrogen-bond donors (Lipinski definition) is 2. The van der Waals surface area contributed by atoms with Crippen molar-refractivity contribution in [1.29, 1.82) is 0 Å². The Kier molecular flexibility index (Phi) is 3.10. The smallest absolute Gasteiger partial charge is 0.252 e. The Morgan fingerprint density at radius 3 is 2.79 bits per heavy atom. The number of rotatable bonds is 3. The van der Waals surface area contributed by atoms with Crippen molar-refractivity contribution in [3.05, 3.63) is 5.69 Å². The standard InChI is InChI=1S/C7H9N3O2S2/c1-3-4-9-14(11,12)6-5(2)10-7(8)13-6/h1,9H,4H2,2H3,(H2,8,10). The molecule has 1 aromatic heterocycles. The average Bonchev–Trinajstić information content (AvgIpc) is 2.42. The van der Waals surface area contributed by atoms with Crippen molar-refractivity contribution in [2.45, 2.75) is 11.1 Å². The van der Waals surface area contributed by atoms with Gasteiger partial charge in [-0.15, -0.1) is 6.42 Å². The number of hydrogen-bond acceptors (Lipinski definition) is 5. The van der Waals surface area contributed by atoms with Gasteiger partial charge in [-0.2, -0.15) is 4.72 Å². The lowest BCUT2D eigenvalue weighted by molar-refractivity contribution is 0.587. The molecule has 0 saturated carbocycles. The van der Waals surface area contributed by atoms with Gasteiger partial charge in [0.05, 0.1) is 12.2 Å². The maximum atomic E-state index is 11.5. The Morgan fingerprint density at radius 2 is 2.36 bits per heavy atom. The SMILES string of the molecule is C#CCNS(=O)(=O)c1sc(N)nc1C. The molecule has 0 radical (unpaired) electrons. The van der Waals surface area contributed by atoms with Crippen molar-refractivity contribution in [3.8, 4) is 12.3 Å². The summed E-state index contributed by atoms with van der Waals surface area (Å²) in [5.41, 5.74) is 5.77. The first-order valence-electron chi connectivity index (χ1n) is 3.63. The molecule has 0 bridgehead atoms. The van der Waals surface area contributed by atoms with Gasteiger partial charge in [-0.25, -0.2) is 13.4 Å². The van der Waals surface area contributed by atoms with E-state index < -0.39 is 10.0 Å².